The van der Waals surface area contributed by atoms with Crippen LogP contribution in [0.2, 0.25) is 5.02 Å². The Morgan fingerprint density at radius 2 is 2.11 bits per heavy atom. The first kappa shape index (κ1) is 13.1. The standard InChI is InChI=1S/C13H12BrClN3/c1-2-6-18(17-7-4-3-5-8-17)13-12(14)9-11(15)10-16-13/h2-5,7-10H,1,6H2/q+1. The van der Waals surface area contributed by atoms with E-state index in [1.807, 2.05) is 52.4 Å². The zero-order valence-corrected chi connectivity index (χ0v) is 12.0. The Labute approximate surface area is 119 Å². The number of anilines is 1. The summed E-state index contributed by atoms with van der Waals surface area (Å²) in [5.74, 6) is 0.788. The van der Waals surface area contributed by atoms with E-state index in [0.29, 0.717) is 11.6 Å². The van der Waals surface area contributed by atoms with E-state index >= 15 is 0 Å². The third kappa shape index (κ3) is 2.89. The Morgan fingerprint density at radius 3 is 2.72 bits per heavy atom. The van der Waals surface area contributed by atoms with Crippen LogP contribution in [-0.2, 0) is 0 Å². The van der Waals surface area contributed by atoms with Crippen molar-refractivity contribution in [2.45, 2.75) is 0 Å². The number of pyridine rings is 2. The molecule has 0 saturated carbocycles. The third-order valence-corrected chi connectivity index (χ3v) is 3.10. The van der Waals surface area contributed by atoms with Crippen LogP contribution < -0.4 is 9.69 Å². The maximum Gasteiger partial charge on any atom is 0.202 e. The second-order valence-electron chi connectivity index (χ2n) is 3.59. The molecule has 0 aliphatic rings. The Kier molecular flexibility index (Phi) is 4.33. The second kappa shape index (κ2) is 5.98. The first-order chi connectivity index (χ1) is 8.72. The lowest BCUT2D eigenvalue weighted by molar-refractivity contribution is -0.683. The van der Waals surface area contributed by atoms with Gasteiger partial charge in [0, 0.05) is 18.3 Å². The van der Waals surface area contributed by atoms with Crippen LogP contribution in [0.3, 0.4) is 0 Å². The highest BCUT2D eigenvalue weighted by atomic mass is 79.9. The van der Waals surface area contributed by atoms with E-state index in [1.165, 1.54) is 0 Å². The fourth-order valence-corrected chi connectivity index (χ4v) is 2.40. The average molecular weight is 326 g/mol. The van der Waals surface area contributed by atoms with Gasteiger partial charge in [-0.3, -0.25) is 0 Å². The Bertz CT molecular complexity index is 545. The zero-order valence-electron chi connectivity index (χ0n) is 9.63. The van der Waals surface area contributed by atoms with E-state index in [-0.39, 0.29) is 0 Å². The molecule has 2 heterocycles. The first-order valence-electron chi connectivity index (χ1n) is 5.38. The minimum atomic E-state index is 0.599. The molecule has 0 radical (unpaired) electrons. The number of rotatable bonds is 4. The molecule has 0 saturated heterocycles. The molecule has 0 N–H and O–H groups in total. The summed E-state index contributed by atoms with van der Waals surface area (Å²) in [5, 5.41) is 2.58. The van der Waals surface area contributed by atoms with E-state index in [0.717, 1.165) is 10.3 Å². The maximum absolute atomic E-state index is 5.91. The summed E-state index contributed by atoms with van der Waals surface area (Å²) in [5.41, 5.74) is 0. The molecule has 0 atom stereocenters. The molecule has 0 amide bonds. The van der Waals surface area contributed by atoms with Gasteiger partial charge in [0.1, 0.15) is 0 Å². The lowest BCUT2D eigenvalue weighted by Gasteiger charge is -2.16. The van der Waals surface area contributed by atoms with E-state index in [9.17, 15) is 0 Å². The maximum atomic E-state index is 5.91. The molecule has 3 nitrogen and oxygen atoms in total. The molecule has 0 fully saturated rings. The number of halogens is 2. The molecule has 0 spiro atoms. The second-order valence-corrected chi connectivity index (χ2v) is 4.88. The monoisotopic (exact) mass is 324 g/mol. The topological polar surface area (TPSA) is 20.0 Å². The van der Waals surface area contributed by atoms with Crippen LogP contribution in [0.25, 0.3) is 0 Å². The molecule has 5 heteroatoms. The van der Waals surface area contributed by atoms with Gasteiger partial charge in [0.05, 0.1) is 16.0 Å². The van der Waals surface area contributed by atoms with Crippen LogP contribution in [0.5, 0.6) is 0 Å². The van der Waals surface area contributed by atoms with E-state index in [1.54, 1.807) is 6.20 Å². The van der Waals surface area contributed by atoms with Crippen molar-refractivity contribution in [3.8, 4) is 0 Å². The highest BCUT2D eigenvalue weighted by Gasteiger charge is 2.18. The molecule has 0 aliphatic heterocycles. The lowest BCUT2D eigenvalue weighted by Crippen LogP contribution is -2.54. The van der Waals surface area contributed by atoms with E-state index in [2.05, 4.69) is 27.5 Å². The third-order valence-electron chi connectivity index (χ3n) is 2.31. The van der Waals surface area contributed by atoms with Gasteiger partial charge in [0.2, 0.25) is 5.82 Å². The van der Waals surface area contributed by atoms with Crippen LogP contribution in [0.1, 0.15) is 0 Å². The fourth-order valence-electron chi connectivity index (χ4n) is 1.56. The predicted octanol–water partition coefficient (Wildman–Crippen LogP) is 3.24. The predicted molar refractivity (Wildman–Crippen MR) is 76.5 cm³/mol. The van der Waals surface area contributed by atoms with Crippen LogP contribution in [0.4, 0.5) is 5.82 Å². The highest BCUT2D eigenvalue weighted by molar-refractivity contribution is 9.10. The molecule has 2 aromatic rings. The zero-order chi connectivity index (χ0) is 13.0. The van der Waals surface area contributed by atoms with Gasteiger partial charge in [-0.05, 0) is 22.0 Å². The van der Waals surface area contributed by atoms with E-state index in [4.69, 9.17) is 11.6 Å². The summed E-state index contributed by atoms with van der Waals surface area (Å²) < 4.78 is 2.79. The van der Waals surface area contributed by atoms with Crippen molar-refractivity contribution >= 4 is 33.3 Å². The molecular weight excluding hydrogens is 314 g/mol. The molecule has 0 aromatic carbocycles. The van der Waals surface area contributed by atoms with Gasteiger partial charge in [-0.1, -0.05) is 28.4 Å². The highest BCUT2D eigenvalue weighted by Crippen LogP contribution is 2.25. The van der Waals surface area contributed by atoms with Crippen molar-refractivity contribution in [2.75, 3.05) is 11.6 Å². The summed E-state index contributed by atoms with van der Waals surface area (Å²) in [7, 11) is 0. The summed E-state index contributed by atoms with van der Waals surface area (Å²) in [6.45, 7) is 4.42. The SMILES string of the molecule is C=CCN(c1ncc(Cl)cc1Br)[n+]1ccccc1. The van der Waals surface area contributed by atoms with Gasteiger partial charge in [0.25, 0.3) is 0 Å². The number of hydrogen-bond acceptors (Lipinski definition) is 2. The van der Waals surface area contributed by atoms with Gasteiger partial charge < -0.3 is 0 Å². The Hall–Kier alpha value is -1.39. The summed E-state index contributed by atoms with van der Waals surface area (Å²) in [6, 6.07) is 7.70. The van der Waals surface area contributed by atoms with Crippen LogP contribution >= 0.6 is 27.5 Å². The van der Waals surface area contributed by atoms with Gasteiger partial charge in [0.15, 0.2) is 12.4 Å². The Morgan fingerprint density at radius 1 is 1.39 bits per heavy atom. The van der Waals surface area contributed by atoms with Gasteiger partial charge in [-0.15, -0.1) is 11.6 Å². The van der Waals surface area contributed by atoms with Crippen LogP contribution in [0, 0.1) is 0 Å². The fraction of sp³-hybridized carbons (Fsp3) is 0.0769. The quantitative estimate of drug-likeness (QED) is 0.635. The summed E-state index contributed by atoms with van der Waals surface area (Å²) in [6.07, 6.45) is 7.35. The van der Waals surface area contributed by atoms with Crippen molar-refractivity contribution in [1.82, 2.24) is 4.98 Å². The summed E-state index contributed by atoms with van der Waals surface area (Å²) >= 11 is 9.39. The van der Waals surface area contributed by atoms with Crippen molar-refractivity contribution in [1.29, 1.82) is 0 Å². The van der Waals surface area contributed by atoms with Crippen molar-refractivity contribution in [3.63, 3.8) is 0 Å². The molecule has 0 bridgehead atoms. The minimum absolute atomic E-state index is 0.599. The van der Waals surface area contributed by atoms with Crippen LogP contribution in [0.15, 0.2) is 60.0 Å². The normalized spacial score (nSPS) is 10.1. The van der Waals surface area contributed by atoms with Crippen molar-refractivity contribution in [2.24, 2.45) is 0 Å². The number of hydrogen-bond donors (Lipinski definition) is 0. The molecule has 2 rings (SSSR count). The molecule has 2 aromatic heterocycles. The van der Waals surface area contributed by atoms with Gasteiger partial charge in [-0.25, -0.2) is 4.98 Å². The molecule has 18 heavy (non-hydrogen) atoms. The number of aromatic nitrogens is 2. The van der Waals surface area contributed by atoms with Crippen molar-refractivity contribution < 1.29 is 4.68 Å². The van der Waals surface area contributed by atoms with E-state index < -0.39 is 0 Å². The van der Waals surface area contributed by atoms with Gasteiger partial charge >= 0.3 is 0 Å². The Balaban J connectivity index is 2.44. The summed E-state index contributed by atoms with van der Waals surface area (Å²) in [4.78, 5) is 4.35. The minimum Gasteiger partial charge on any atom is -0.232 e. The first-order valence-corrected chi connectivity index (χ1v) is 6.55. The number of nitrogens with zero attached hydrogens (tertiary/aromatic N) is 3. The molecule has 0 aliphatic carbocycles. The smallest absolute Gasteiger partial charge is 0.202 e. The van der Waals surface area contributed by atoms with Crippen LogP contribution in [-0.4, -0.2) is 11.5 Å². The largest absolute Gasteiger partial charge is 0.232 e. The molecule has 0 unspecified atom stereocenters. The molecule has 92 valence electrons. The average Bonchev–Trinajstić information content (AvgIpc) is 2.38. The van der Waals surface area contributed by atoms with Crippen molar-refractivity contribution in [3.05, 3.63) is 65.0 Å². The molecular formula is C13H12BrClN3+. The van der Waals surface area contributed by atoms with Gasteiger partial charge in [-0.2, -0.15) is 0 Å². The lowest BCUT2D eigenvalue weighted by atomic mass is 10.4.